The average Bonchev–Trinajstić information content (AvgIpc) is 3.12. The van der Waals surface area contributed by atoms with E-state index in [0.29, 0.717) is 24.2 Å². The molecular weight excluding hydrogens is 389 g/mol. The van der Waals surface area contributed by atoms with Crippen molar-refractivity contribution in [2.24, 2.45) is 0 Å². The fourth-order valence-corrected chi connectivity index (χ4v) is 4.58. The Morgan fingerprint density at radius 2 is 1.90 bits per heavy atom. The molecule has 2 aliphatic rings. The first-order valence-corrected chi connectivity index (χ1v) is 10.6. The van der Waals surface area contributed by atoms with E-state index in [9.17, 15) is 9.18 Å². The zero-order chi connectivity index (χ0) is 20.7. The third-order valence-electron chi connectivity index (χ3n) is 6.36. The molecule has 29 heavy (non-hydrogen) atoms. The molecule has 0 spiro atoms. The number of nitrogens with zero attached hydrogens (tertiary/aromatic N) is 3. The first-order chi connectivity index (χ1) is 13.8. The fourth-order valence-electron chi connectivity index (χ4n) is 4.38. The van der Waals surface area contributed by atoms with Crippen LogP contribution in [-0.4, -0.2) is 49.6 Å². The Bertz CT molecular complexity index is 922. The molecule has 1 amide bonds. The maximum atomic E-state index is 14.2. The van der Waals surface area contributed by atoms with Crippen molar-refractivity contribution in [3.63, 3.8) is 0 Å². The van der Waals surface area contributed by atoms with E-state index in [-0.39, 0.29) is 17.4 Å². The van der Waals surface area contributed by atoms with Crippen LogP contribution >= 0.6 is 11.6 Å². The van der Waals surface area contributed by atoms with Gasteiger partial charge < -0.3 is 9.80 Å². The number of halogens is 2. The van der Waals surface area contributed by atoms with Crippen LogP contribution in [0.2, 0.25) is 5.02 Å². The minimum atomic E-state index is -0.504. The van der Waals surface area contributed by atoms with Crippen LogP contribution in [0.4, 0.5) is 15.8 Å². The molecular formula is C23H27ClFN3O. The number of hydrogen-bond donors (Lipinski definition) is 0. The zero-order valence-electron chi connectivity index (χ0n) is 17.2. The normalized spacial score (nSPS) is 22.1. The molecule has 0 radical (unpaired) electrons. The summed E-state index contributed by atoms with van der Waals surface area (Å²) in [4.78, 5) is 19.6. The molecule has 0 N–H and O–H groups in total. The van der Waals surface area contributed by atoms with Gasteiger partial charge in [0.2, 0.25) is 5.91 Å². The van der Waals surface area contributed by atoms with Crippen molar-refractivity contribution < 1.29 is 9.18 Å². The van der Waals surface area contributed by atoms with E-state index in [0.717, 1.165) is 30.9 Å². The van der Waals surface area contributed by atoms with Gasteiger partial charge in [0.25, 0.3) is 0 Å². The maximum Gasteiger partial charge on any atom is 0.231 e. The van der Waals surface area contributed by atoms with Crippen molar-refractivity contribution in [2.75, 3.05) is 36.5 Å². The highest BCUT2D eigenvalue weighted by Crippen LogP contribution is 2.34. The van der Waals surface area contributed by atoms with Crippen LogP contribution in [0.3, 0.4) is 0 Å². The number of likely N-dealkylation sites (N-methyl/N-ethyl adjacent to an activating group) is 1. The van der Waals surface area contributed by atoms with Gasteiger partial charge >= 0.3 is 0 Å². The molecule has 4 nitrogen and oxygen atoms in total. The summed E-state index contributed by atoms with van der Waals surface area (Å²) in [7, 11) is 2.17. The molecule has 0 aliphatic carbocycles. The van der Waals surface area contributed by atoms with Crippen LogP contribution in [0, 0.1) is 5.82 Å². The minimum Gasteiger partial charge on any atom is -0.368 e. The highest BCUT2D eigenvalue weighted by Gasteiger charge is 2.29. The van der Waals surface area contributed by atoms with Crippen LogP contribution < -0.4 is 9.80 Å². The second kappa shape index (κ2) is 7.96. The van der Waals surface area contributed by atoms with Gasteiger partial charge in [0.05, 0.1) is 11.4 Å². The lowest BCUT2D eigenvalue weighted by molar-refractivity contribution is -0.117. The summed E-state index contributed by atoms with van der Waals surface area (Å²) in [6, 6.07) is 12.2. The van der Waals surface area contributed by atoms with Gasteiger partial charge in [0.15, 0.2) is 0 Å². The van der Waals surface area contributed by atoms with Crippen molar-refractivity contribution in [2.45, 2.75) is 38.8 Å². The third-order valence-corrected chi connectivity index (χ3v) is 6.66. The lowest BCUT2D eigenvalue weighted by Gasteiger charge is -2.43. The van der Waals surface area contributed by atoms with Gasteiger partial charge in [-0.2, -0.15) is 0 Å². The predicted octanol–water partition coefficient (Wildman–Crippen LogP) is 4.14. The standard InChI is InChI=1S/C23H27ClFN3O/c1-15-13-27(14-16(2)26(15)3)19-8-7-17-9-10-28(21(17)12-19)22(29)11-18-5-4-6-20(24)23(18)25/h4-8,12,15-16H,9-11,13-14H2,1-3H3. The van der Waals surface area contributed by atoms with E-state index >= 15 is 0 Å². The first-order valence-electron chi connectivity index (χ1n) is 10.2. The number of carbonyl (C=O) groups excluding carboxylic acids is 1. The molecule has 2 aromatic rings. The van der Waals surface area contributed by atoms with Gasteiger partial charge in [-0.25, -0.2) is 4.39 Å². The van der Waals surface area contributed by atoms with E-state index in [2.05, 4.69) is 48.9 Å². The van der Waals surface area contributed by atoms with E-state index < -0.39 is 5.82 Å². The monoisotopic (exact) mass is 415 g/mol. The second-order valence-electron chi connectivity index (χ2n) is 8.27. The van der Waals surface area contributed by atoms with Crippen molar-refractivity contribution >= 4 is 28.9 Å². The van der Waals surface area contributed by atoms with Crippen molar-refractivity contribution in [1.82, 2.24) is 4.90 Å². The van der Waals surface area contributed by atoms with Crippen LogP contribution in [0.15, 0.2) is 36.4 Å². The smallest absolute Gasteiger partial charge is 0.231 e. The second-order valence-corrected chi connectivity index (χ2v) is 8.67. The molecule has 6 heteroatoms. The van der Waals surface area contributed by atoms with Gasteiger partial charge in [0.1, 0.15) is 5.82 Å². The third kappa shape index (κ3) is 3.86. The van der Waals surface area contributed by atoms with E-state index in [1.807, 2.05) is 0 Å². The van der Waals surface area contributed by atoms with Gasteiger partial charge in [0, 0.05) is 43.1 Å². The van der Waals surface area contributed by atoms with Gasteiger partial charge in [-0.1, -0.05) is 29.8 Å². The molecule has 1 saturated heterocycles. The van der Waals surface area contributed by atoms with Crippen LogP contribution in [0.25, 0.3) is 0 Å². The molecule has 0 saturated carbocycles. The predicted molar refractivity (Wildman–Crippen MR) is 117 cm³/mol. The molecule has 2 unspecified atom stereocenters. The number of fused-ring (bicyclic) bond motifs is 1. The molecule has 2 aromatic carbocycles. The van der Waals surface area contributed by atoms with E-state index in [4.69, 9.17) is 11.6 Å². The van der Waals surface area contributed by atoms with E-state index in [1.165, 1.54) is 11.6 Å². The number of rotatable bonds is 3. The van der Waals surface area contributed by atoms with Crippen LogP contribution in [0.1, 0.15) is 25.0 Å². The molecule has 0 aromatic heterocycles. The topological polar surface area (TPSA) is 26.8 Å². The molecule has 2 heterocycles. The Hall–Kier alpha value is -2.11. The Kier molecular flexibility index (Phi) is 5.54. The van der Waals surface area contributed by atoms with Crippen molar-refractivity contribution in [1.29, 1.82) is 0 Å². The highest BCUT2D eigenvalue weighted by atomic mass is 35.5. The molecule has 154 valence electrons. The molecule has 2 atom stereocenters. The number of carbonyl (C=O) groups is 1. The number of benzene rings is 2. The molecule has 0 bridgehead atoms. The number of amides is 1. The highest BCUT2D eigenvalue weighted by molar-refractivity contribution is 6.30. The lowest BCUT2D eigenvalue weighted by atomic mass is 10.1. The quantitative estimate of drug-likeness (QED) is 0.753. The molecule has 4 rings (SSSR count). The SMILES string of the molecule is CC1CN(c2ccc3c(c2)N(C(=O)Cc2cccc(Cl)c2F)CC3)CC(C)N1C. The summed E-state index contributed by atoms with van der Waals surface area (Å²) < 4.78 is 14.2. The van der Waals surface area contributed by atoms with Crippen LogP contribution in [0.5, 0.6) is 0 Å². The average molecular weight is 416 g/mol. The van der Waals surface area contributed by atoms with Crippen LogP contribution in [-0.2, 0) is 17.6 Å². The Morgan fingerprint density at radius 1 is 1.17 bits per heavy atom. The maximum absolute atomic E-state index is 14.2. The van der Waals surface area contributed by atoms with E-state index in [1.54, 1.807) is 17.0 Å². The number of anilines is 2. The summed E-state index contributed by atoms with van der Waals surface area (Å²) in [5, 5.41) is 0.0534. The minimum absolute atomic E-state index is 0.0125. The zero-order valence-corrected chi connectivity index (χ0v) is 17.9. The van der Waals surface area contributed by atoms with Crippen molar-refractivity contribution in [3.8, 4) is 0 Å². The first kappa shape index (κ1) is 20.2. The summed E-state index contributed by atoms with van der Waals surface area (Å²) in [5.74, 6) is -0.599. The fraction of sp³-hybridized carbons (Fsp3) is 0.435. The number of hydrogen-bond acceptors (Lipinski definition) is 3. The van der Waals surface area contributed by atoms with Gasteiger partial charge in [-0.05, 0) is 56.6 Å². The summed E-state index contributed by atoms with van der Waals surface area (Å²) in [5.41, 5.74) is 3.61. The Morgan fingerprint density at radius 3 is 2.62 bits per heavy atom. The summed E-state index contributed by atoms with van der Waals surface area (Å²) in [6.07, 6.45) is 0.841. The van der Waals surface area contributed by atoms with Crippen molar-refractivity contribution in [3.05, 3.63) is 58.4 Å². The largest absolute Gasteiger partial charge is 0.368 e. The lowest BCUT2D eigenvalue weighted by Crippen LogP contribution is -2.55. The van der Waals surface area contributed by atoms with Gasteiger partial charge in [-0.3, -0.25) is 9.69 Å². The van der Waals surface area contributed by atoms with Gasteiger partial charge in [-0.15, -0.1) is 0 Å². The molecule has 1 fully saturated rings. The molecule has 2 aliphatic heterocycles. The number of piperazine rings is 1. The summed E-state index contributed by atoms with van der Waals surface area (Å²) >= 11 is 5.87. The Balaban J connectivity index is 1.56. The Labute approximate surface area is 176 Å². The summed E-state index contributed by atoms with van der Waals surface area (Å²) in [6.45, 7) is 7.04.